The molecule has 0 bridgehead atoms. The van der Waals surface area contributed by atoms with Crippen LogP contribution >= 0.6 is 0 Å². The number of aryl methyl sites for hydroxylation is 2. The summed E-state index contributed by atoms with van der Waals surface area (Å²) in [5.41, 5.74) is 0.757. The molecule has 5 rings (SSSR count). The Morgan fingerprint density at radius 1 is 0.930 bits per heavy atom. The zero-order chi connectivity index (χ0) is 30.9. The molecule has 0 atom stereocenters. The third-order valence-electron chi connectivity index (χ3n) is 7.03. The third kappa shape index (κ3) is 6.11. The zero-order valence-electron chi connectivity index (χ0n) is 23.5. The first-order chi connectivity index (χ1) is 20.5. The average Bonchev–Trinajstić information content (AvgIpc) is 3.21. The minimum absolute atomic E-state index is 0.0747. The van der Waals surface area contributed by atoms with E-state index in [1.54, 1.807) is 19.1 Å². The number of hydrogen-bond donors (Lipinski definition) is 1. The minimum Gasteiger partial charge on any atom is -0.493 e. The lowest BCUT2D eigenvalue weighted by Crippen LogP contribution is -2.28. The molecule has 5 aromatic rings. The number of carbonyl (C=O) groups is 1. The highest BCUT2D eigenvalue weighted by Gasteiger charge is 2.33. The fourth-order valence-corrected chi connectivity index (χ4v) is 4.92. The summed E-state index contributed by atoms with van der Waals surface area (Å²) in [6, 6.07) is 19.5. The molecule has 1 N–H and O–H groups in total. The first-order valence-corrected chi connectivity index (χ1v) is 13.2. The molecule has 222 valence electrons. The second-order valence-corrected chi connectivity index (χ2v) is 9.96. The summed E-state index contributed by atoms with van der Waals surface area (Å²) in [7, 11) is 2.86. The molecular formula is C32H27F4N3O4. The lowest BCUT2D eigenvalue weighted by Gasteiger charge is -2.17. The molecule has 0 aliphatic heterocycles. The van der Waals surface area contributed by atoms with E-state index >= 15 is 0 Å². The van der Waals surface area contributed by atoms with Crippen molar-refractivity contribution in [2.24, 2.45) is 7.05 Å². The summed E-state index contributed by atoms with van der Waals surface area (Å²) in [5.74, 6) is -0.471. The van der Waals surface area contributed by atoms with Gasteiger partial charge in [0, 0.05) is 18.3 Å². The van der Waals surface area contributed by atoms with Crippen LogP contribution < -0.4 is 20.5 Å². The Bertz CT molecular complexity index is 1860. The molecule has 0 saturated heterocycles. The largest absolute Gasteiger partial charge is 0.493 e. The highest BCUT2D eigenvalue weighted by molar-refractivity contribution is 5.96. The van der Waals surface area contributed by atoms with Gasteiger partial charge in [0.15, 0.2) is 11.5 Å². The van der Waals surface area contributed by atoms with Crippen LogP contribution in [-0.4, -0.2) is 22.2 Å². The molecule has 1 heterocycles. The molecule has 0 radical (unpaired) electrons. The molecule has 43 heavy (non-hydrogen) atoms. The number of fused-ring (bicyclic) bond motifs is 1. The highest BCUT2D eigenvalue weighted by Crippen LogP contribution is 2.41. The van der Waals surface area contributed by atoms with E-state index in [4.69, 9.17) is 9.47 Å². The molecular weight excluding hydrogens is 566 g/mol. The van der Waals surface area contributed by atoms with Gasteiger partial charge in [-0.1, -0.05) is 30.3 Å². The van der Waals surface area contributed by atoms with Crippen molar-refractivity contribution in [2.75, 3.05) is 12.4 Å². The number of anilines is 1. The van der Waals surface area contributed by atoms with Crippen LogP contribution in [0.25, 0.3) is 22.2 Å². The van der Waals surface area contributed by atoms with E-state index < -0.39 is 35.7 Å². The van der Waals surface area contributed by atoms with Gasteiger partial charge in [0.2, 0.25) is 5.91 Å². The Hall–Kier alpha value is -5.06. The third-order valence-corrected chi connectivity index (χ3v) is 7.03. The van der Waals surface area contributed by atoms with Gasteiger partial charge < -0.3 is 14.8 Å². The summed E-state index contributed by atoms with van der Waals surface area (Å²) >= 11 is 0. The van der Waals surface area contributed by atoms with E-state index in [-0.39, 0.29) is 28.9 Å². The molecule has 4 aromatic carbocycles. The monoisotopic (exact) mass is 593 g/mol. The van der Waals surface area contributed by atoms with Gasteiger partial charge in [0.05, 0.1) is 23.7 Å². The van der Waals surface area contributed by atoms with E-state index in [1.807, 2.05) is 30.3 Å². The molecule has 7 nitrogen and oxygen atoms in total. The molecule has 0 saturated carbocycles. The van der Waals surface area contributed by atoms with E-state index in [9.17, 15) is 27.2 Å². The summed E-state index contributed by atoms with van der Waals surface area (Å²) in [5, 5.41) is 2.54. The second kappa shape index (κ2) is 11.7. The predicted molar refractivity (Wildman–Crippen MR) is 155 cm³/mol. The minimum atomic E-state index is -4.74. The molecule has 1 amide bonds. The topological polar surface area (TPSA) is 74.5 Å². The lowest BCUT2D eigenvalue weighted by molar-refractivity contribution is -0.137. The van der Waals surface area contributed by atoms with Gasteiger partial charge in [-0.25, -0.2) is 9.18 Å². The van der Waals surface area contributed by atoms with Crippen molar-refractivity contribution < 1.29 is 31.8 Å². The van der Waals surface area contributed by atoms with Crippen molar-refractivity contribution in [1.82, 2.24) is 9.13 Å². The number of ether oxygens (including phenoxy) is 2. The molecule has 0 unspecified atom stereocenters. The van der Waals surface area contributed by atoms with Gasteiger partial charge in [-0.3, -0.25) is 13.9 Å². The summed E-state index contributed by atoms with van der Waals surface area (Å²) in [6.07, 6.45) is -4.74. The van der Waals surface area contributed by atoms with E-state index in [0.29, 0.717) is 22.6 Å². The number of hydrogen-bond acceptors (Lipinski definition) is 4. The summed E-state index contributed by atoms with van der Waals surface area (Å²) < 4.78 is 69.4. The number of amides is 1. The fraction of sp³-hybridized carbons (Fsp3) is 0.188. The summed E-state index contributed by atoms with van der Waals surface area (Å²) in [4.78, 5) is 26.1. The lowest BCUT2D eigenvalue weighted by atomic mass is 9.96. The molecule has 0 fully saturated rings. The molecule has 1 aromatic heterocycles. The van der Waals surface area contributed by atoms with Crippen molar-refractivity contribution in [3.05, 3.63) is 112 Å². The van der Waals surface area contributed by atoms with E-state index in [0.717, 1.165) is 34.4 Å². The van der Waals surface area contributed by atoms with E-state index in [1.165, 1.54) is 30.9 Å². The van der Waals surface area contributed by atoms with Crippen LogP contribution in [0.4, 0.5) is 23.2 Å². The Morgan fingerprint density at radius 2 is 1.63 bits per heavy atom. The fourth-order valence-electron chi connectivity index (χ4n) is 4.92. The quantitative estimate of drug-likeness (QED) is 0.203. The van der Waals surface area contributed by atoms with Crippen LogP contribution in [-0.2, 0) is 31.2 Å². The first-order valence-electron chi connectivity index (χ1n) is 13.2. The first kappa shape index (κ1) is 29.4. The molecule has 11 heteroatoms. The maximum atomic E-state index is 14.2. The highest BCUT2D eigenvalue weighted by atomic mass is 19.4. The number of methoxy groups -OCH3 is 1. The molecule has 0 aliphatic rings. The number of benzene rings is 4. The maximum Gasteiger partial charge on any atom is 0.416 e. The van der Waals surface area contributed by atoms with Crippen LogP contribution in [0.2, 0.25) is 0 Å². The Morgan fingerprint density at radius 3 is 2.28 bits per heavy atom. The number of nitrogens with zero attached hydrogens (tertiary/aromatic N) is 2. The number of carbonyl (C=O) groups excluding carboxylic acids is 1. The van der Waals surface area contributed by atoms with Crippen LogP contribution in [0, 0.1) is 12.7 Å². The van der Waals surface area contributed by atoms with Crippen molar-refractivity contribution in [2.45, 2.75) is 26.3 Å². The average molecular weight is 594 g/mol. The zero-order valence-corrected chi connectivity index (χ0v) is 23.5. The number of imidazole rings is 1. The Balaban J connectivity index is 1.60. The Kier molecular flexibility index (Phi) is 7.99. The number of aromatic nitrogens is 2. The van der Waals surface area contributed by atoms with Gasteiger partial charge in [-0.15, -0.1) is 0 Å². The van der Waals surface area contributed by atoms with Gasteiger partial charge in [-0.2, -0.15) is 13.2 Å². The van der Waals surface area contributed by atoms with Gasteiger partial charge in [0.1, 0.15) is 19.0 Å². The standard InChI is InChI=1S/C32H27F4N3O4/c1-19-13-28(43-18-20-7-5-4-6-8-20)27(42-3)16-24(19)25-14-21(32(34,35)36)15-26-30(25)38(2)31(41)39(26)17-29(40)37-23-11-9-22(33)10-12-23/h4-16H,17-18H2,1-3H3,(H,37,40). The number of alkyl halides is 3. The van der Waals surface area contributed by atoms with Crippen molar-refractivity contribution in [1.29, 1.82) is 0 Å². The van der Waals surface area contributed by atoms with Gasteiger partial charge >= 0.3 is 11.9 Å². The van der Waals surface area contributed by atoms with Gasteiger partial charge in [0.25, 0.3) is 0 Å². The van der Waals surface area contributed by atoms with Crippen LogP contribution in [0.5, 0.6) is 11.5 Å². The smallest absolute Gasteiger partial charge is 0.416 e. The molecule has 0 aliphatic carbocycles. The van der Waals surface area contributed by atoms with Crippen molar-refractivity contribution >= 4 is 22.6 Å². The normalized spacial score (nSPS) is 11.5. The van der Waals surface area contributed by atoms with E-state index in [2.05, 4.69) is 5.32 Å². The summed E-state index contributed by atoms with van der Waals surface area (Å²) in [6.45, 7) is 1.41. The number of rotatable bonds is 8. The molecule has 0 spiro atoms. The van der Waals surface area contributed by atoms with Crippen LogP contribution in [0.3, 0.4) is 0 Å². The van der Waals surface area contributed by atoms with Gasteiger partial charge in [-0.05, 0) is 72.1 Å². The number of halogens is 4. The maximum absolute atomic E-state index is 14.2. The van der Waals surface area contributed by atoms with Crippen molar-refractivity contribution in [3.63, 3.8) is 0 Å². The Labute approximate surface area is 243 Å². The SMILES string of the molecule is COc1cc(-c2cc(C(F)(F)F)cc3c2n(C)c(=O)n3CC(=O)Nc2ccc(F)cc2)c(C)cc1OCc1ccccc1. The second-order valence-electron chi connectivity index (χ2n) is 9.96. The van der Waals surface area contributed by atoms with Crippen molar-refractivity contribution in [3.8, 4) is 22.6 Å². The van der Waals surface area contributed by atoms with Crippen LogP contribution in [0.1, 0.15) is 16.7 Å². The van der Waals surface area contributed by atoms with Crippen LogP contribution in [0.15, 0.2) is 83.7 Å². The predicted octanol–water partition coefficient (Wildman–Crippen LogP) is 6.70. The number of nitrogens with one attached hydrogen (secondary N) is 1.